The van der Waals surface area contributed by atoms with Gasteiger partial charge in [-0.3, -0.25) is 4.79 Å². The Morgan fingerprint density at radius 2 is 1.94 bits per heavy atom. The molecule has 0 unspecified atom stereocenters. The van der Waals surface area contributed by atoms with Gasteiger partial charge in [0.05, 0.1) is 12.5 Å². The minimum Gasteiger partial charge on any atom is -0.472 e. The van der Waals surface area contributed by atoms with Gasteiger partial charge in [-0.25, -0.2) is 0 Å². The van der Waals surface area contributed by atoms with Gasteiger partial charge >= 0.3 is 0 Å². The molecule has 1 aliphatic rings. The minimum atomic E-state index is 0.276. The van der Waals surface area contributed by atoms with Crippen LogP contribution in [0.3, 0.4) is 0 Å². The molecule has 1 saturated carbocycles. The Labute approximate surface area is 110 Å². The van der Waals surface area contributed by atoms with Gasteiger partial charge in [-0.05, 0) is 48.6 Å². The van der Waals surface area contributed by atoms with Crippen LogP contribution in [0.15, 0.2) is 23.0 Å². The lowest BCUT2D eigenvalue weighted by atomic mass is 9.69. The van der Waals surface area contributed by atoms with Crippen LogP contribution in [0.5, 0.6) is 0 Å². The molecule has 0 spiro atoms. The lowest BCUT2D eigenvalue weighted by Gasteiger charge is -2.36. The summed E-state index contributed by atoms with van der Waals surface area (Å²) in [6.45, 7) is 6.93. The first-order valence-electron chi connectivity index (χ1n) is 7.00. The van der Waals surface area contributed by atoms with E-state index in [0.29, 0.717) is 17.6 Å². The number of ketones is 1. The van der Waals surface area contributed by atoms with Crippen molar-refractivity contribution in [1.29, 1.82) is 0 Å². The third-order valence-corrected chi connectivity index (χ3v) is 4.37. The number of hydrogen-bond donors (Lipinski definition) is 0. The Balaban J connectivity index is 1.84. The first kappa shape index (κ1) is 13.4. The summed E-state index contributed by atoms with van der Waals surface area (Å²) in [5.41, 5.74) is 1.40. The molecular formula is C16H24O2. The zero-order chi connectivity index (χ0) is 13.2. The molecule has 1 aliphatic carbocycles. The van der Waals surface area contributed by atoms with Crippen LogP contribution in [0, 0.1) is 17.3 Å². The van der Waals surface area contributed by atoms with Crippen molar-refractivity contribution < 1.29 is 9.21 Å². The molecule has 1 heterocycles. The zero-order valence-corrected chi connectivity index (χ0v) is 11.7. The summed E-state index contributed by atoms with van der Waals surface area (Å²) in [7, 11) is 0. The van der Waals surface area contributed by atoms with E-state index in [-0.39, 0.29) is 5.92 Å². The van der Waals surface area contributed by atoms with Crippen LogP contribution >= 0.6 is 0 Å². The van der Waals surface area contributed by atoms with E-state index in [1.54, 1.807) is 12.5 Å². The van der Waals surface area contributed by atoms with Gasteiger partial charge < -0.3 is 4.42 Å². The number of furan rings is 1. The Morgan fingerprint density at radius 1 is 1.28 bits per heavy atom. The van der Waals surface area contributed by atoms with Gasteiger partial charge in [-0.1, -0.05) is 20.8 Å². The Hall–Kier alpha value is -1.05. The molecular weight excluding hydrogens is 224 g/mol. The maximum absolute atomic E-state index is 12.2. The van der Waals surface area contributed by atoms with E-state index in [2.05, 4.69) is 20.8 Å². The first-order chi connectivity index (χ1) is 8.47. The fourth-order valence-corrected chi connectivity index (χ4v) is 3.02. The van der Waals surface area contributed by atoms with Crippen LogP contribution in [0.2, 0.25) is 0 Å². The molecule has 18 heavy (non-hydrogen) atoms. The fourth-order valence-electron chi connectivity index (χ4n) is 3.02. The number of carbonyl (C=O) groups excluding carboxylic acids is 1. The molecule has 0 atom stereocenters. The topological polar surface area (TPSA) is 30.2 Å². The standard InChI is InChI=1S/C16H24O2/c1-16(2,3)14-6-4-13(5-7-14)15(17)10-12-8-9-18-11-12/h8-9,11,13-14H,4-7,10H2,1-3H3. The monoisotopic (exact) mass is 248 g/mol. The summed E-state index contributed by atoms with van der Waals surface area (Å²) < 4.78 is 5.01. The van der Waals surface area contributed by atoms with E-state index in [1.165, 1.54) is 12.8 Å². The molecule has 0 saturated heterocycles. The summed E-state index contributed by atoms with van der Waals surface area (Å²) in [6.07, 6.45) is 8.40. The Bertz CT molecular complexity index is 376. The van der Waals surface area contributed by atoms with Gasteiger partial charge in [-0.2, -0.15) is 0 Å². The second-order valence-corrected chi connectivity index (χ2v) is 6.69. The molecule has 1 aromatic rings. The van der Waals surface area contributed by atoms with Crippen molar-refractivity contribution in [2.24, 2.45) is 17.3 Å². The van der Waals surface area contributed by atoms with Gasteiger partial charge in [-0.15, -0.1) is 0 Å². The second kappa shape index (κ2) is 5.29. The van der Waals surface area contributed by atoms with Gasteiger partial charge in [0.25, 0.3) is 0 Å². The third-order valence-electron chi connectivity index (χ3n) is 4.37. The van der Waals surface area contributed by atoms with Crippen LogP contribution in [-0.2, 0) is 11.2 Å². The second-order valence-electron chi connectivity index (χ2n) is 6.69. The molecule has 1 fully saturated rings. The molecule has 0 radical (unpaired) electrons. The maximum Gasteiger partial charge on any atom is 0.140 e. The van der Waals surface area contributed by atoms with Crippen LogP contribution < -0.4 is 0 Å². The molecule has 0 amide bonds. The molecule has 0 bridgehead atoms. The van der Waals surface area contributed by atoms with Crippen LogP contribution in [-0.4, -0.2) is 5.78 Å². The fraction of sp³-hybridized carbons (Fsp3) is 0.688. The largest absolute Gasteiger partial charge is 0.472 e. The van der Waals surface area contributed by atoms with E-state index in [4.69, 9.17) is 4.42 Å². The number of rotatable bonds is 3. The van der Waals surface area contributed by atoms with Crippen LogP contribution in [0.25, 0.3) is 0 Å². The predicted octanol–water partition coefficient (Wildman–Crippen LogP) is 4.24. The van der Waals surface area contributed by atoms with Crippen molar-refractivity contribution in [3.63, 3.8) is 0 Å². The Kier molecular flexibility index (Phi) is 3.94. The van der Waals surface area contributed by atoms with E-state index in [1.807, 2.05) is 6.07 Å². The lowest BCUT2D eigenvalue weighted by molar-refractivity contribution is -0.123. The van der Waals surface area contributed by atoms with E-state index < -0.39 is 0 Å². The summed E-state index contributed by atoms with van der Waals surface area (Å²) in [6, 6.07) is 1.89. The quantitative estimate of drug-likeness (QED) is 0.800. The van der Waals surface area contributed by atoms with Crippen molar-refractivity contribution >= 4 is 5.78 Å². The van der Waals surface area contributed by atoms with Gasteiger partial charge in [0, 0.05) is 12.3 Å². The highest BCUT2D eigenvalue weighted by molar-refractivity contribution is 5.83. The van der Waals surface area contributed by atoms with E-state index in [9.17, 15) is 4.79 Å². The lowest BCUT2D eigenvalue weighted by Crippen LogP contribution is -2.29. The van der Waals surface area contributed by atoms with Crippen LogP contribution in [0.4, 0.5) is 0 Å². The maximum atomic E-state index is 12.2. The average molecular weight is 248 g/mol. The third kappa shape index (κ3) is 3.24. The van der Waals surface area contributed by atoms with E-state index >= 15 is 0 Å². The minimum absolute atomic E-state index is 0.276. The smallest absolute Gasteiger partial charge is 0.140 e. The van der Waals surface area contributed by atoms with Crippen molar-refractivity contribution in [3.05, 3.63) is 24.2 Å². The zero-order valence-electron chi connectivity index (χ0n) is 11.7. The summed E-state index contributed by atoms with van der Waals surface area (Å²) in [4.78, 5) is 12.2. The number of carbonyl (C=O) groups is 1. The molecule has 100 valence electrons. The molecule has 2 heteroatoms. The Morgan fingerprint density at radius 3 is 2.44 bits per heavy atom. The highest BCUT2D eigenvalue weighted by Crippen LogP contribution is 2.40. The molecule has 0 aromatic carbocycles. The SMILES string of the molecule is CC(C)(C)C1CCC(C(=O)Cc2ccoc2)CC1. The molecule has 2 nitrogen and oxygen atoms in total. The predicted molar refractivity (Wildman–Crippen MR) is 72.3 cm³/mol. The van der Waals surface area contributed by atoms with Crippen molar-refractivity contribution in [2.75, 3.05) is 0 Å². The number of Topliss-reactive ketones (excluding diaryl/α,β-unsaturated/α-hetero) is 1. The van der Waals surface area contributed by atoms with Gasteiger partial charge in [0.2, 0.25) is 0 Å². The highest BCUT2D eigenvalue weighted by Gasteiger charge is 2.32. The van der Waals surface area contributed by atoms with Gasteiger partial charge in [0.15, 0.2) is 0 Å². The molecule has 0 N–H and O–H groups in total. The average Bonchev–Trinajstić information content (AvgIpc) is 2.81. The van der Waals surface area contributed by atoms with Crippen molar-refractivity contribution in [1.82, 2.24) is 0 Å². The van der Waals surface area contributed by atoms with Crippen molar-refractivity contribution in [2.45, 2.75) is 52.9 Å². The van der Waals surface area contributed by atoms with Crippen molar-refractivity contribution in [3.8, 4) is 0 Å². The molecule has 1 aromatic heterocycles. The van der Waals surface area contributed by atoms with E-state index in [0.717, 1.165) is 24.3 Å². The molecule has 2 rings (SSSR count). The molecule has 0 aliphatic heterocycles. The summed E-state index contributed by atoms with van der Waals surface area (Å²) in [5, 5.41) is 0. The summed E-state index contributed by atoms with van der Waals surface area (Å²) in [5.74, 6) is 1.44. The first-order valence-corrected chi connectivity index (χ1v) is 7.00. The summed E-state index contributed by atoms with van der Waals surface area (Å²) >= 11 is 0. The number of hydrogen-bond acceptors (Lipinski definition) is 2. The van der Waals surface area contributed by atoms with Crippen LogP contribution in [0.1, 0.15) is 52.0 Å². The van der Waals surface area contributed by atoms with Gasteiger partial charge in [0.1, 0.15) is 5.78 Å². The normalized spacial score (nSPS) is 25.1. The highest BCUT2D eigenvalue weighted by atomic mass is 16.3.